The summed E-state index contributed by atoms with van der Waals surface area (Å²) in [7, 11) is 0. The van der Waals surface area contributed by atoms with Crippen LogP contribution in [0.3, 0.4) is 0 Å². The second-order valence-electron chi connectivity index (χ2n) is 12.3. The monoisotopic (exact) mass is 651 g/mol. The van der Waals surface area contributed by atoms with Crippen molar-refractivity contribution < 1.29 is 9.59 Å². The van der Waals surface area contributed by atoms with Crippen molar-refractivity contribution in [3.8, 4) is 21.6 Å². The largest absolute Gasteiger partial charge is 0.310 e. The van der Waals surface area contributed by atoms with Gasteiger partial charge in [0.05, 0.1) is 15.9 Å². The molecule has 0 bridgehead atoms. The Kier molecular flexibility index (Phi) is 5.83. The van der Waals surface area contributed by atoms with E-state index >= 15 is 0 Å². The van der Waals surface area contributed by atoms with Gasteiger partial charge in [-0.05, 0) is 98.9 Å². The fourth-order valence-electron chi connectivity index (χ4n) is 8.01. The minimum absolute atomic E-state index is 0.170. The van der Waals surface area contributed by atoms with Crippen molar-refractivity contribution in [2.75, 3.05) is 4.90 Å². The van der Waals surface area contributed by atoms with Crippen LogP contribution in [0.5, 0.6) is 0 Å². The molecule has 0 radical (unpaired) electrons. The van der Waals surface area contributed by atoms with Crippen LogP contribution in [0.4, 0.5) is 17.1 Å². The number of fused-ring (bicyclic) bond motifs is 11. The standard InChI is InChI=1S/C43H25NO2S2/c45-39-33-21-22-47-42(33)40(46)34(39)24-29-25-38-41(48-29)32-20-19-28(44(26-11-3-1-4-12-26)27-13-5-2-6-14-27)23-37(32)43(38)35-17-9-7-15-30(35)31-16-8-10-18-36(31)43/h1-25H/b34-24+. The number of allylic oxidation sites excluding steroid dienone is 1. The topological polar surface area (TPSA) is 37.4 Å². The SMILES string of the molecule is O=C1/C(=C\c2cc3c(s2)-c2ccc(N(c4ccccc4)c4ccccc4)cc2C32c3ccccc3-c3ccccc32)C(=O)c2sccc21. The first kappa shape index (κ1) is 27.5. The Labute approximate surface area is 285 Å². The van der Waals surface area contributed by atoms with Crippen LogP contribution >= 0.6 is 22.7 Å². The molecule has 0 fully saturated rings. The van der Waals surface area contributed by atoms with E-state index in [1.165, 1.54) is 55.2 Å². The number of rotatable bonds is 4. The van der Waals surface area contributed by atoms with Crippen LogP contribution in [-0.2, 0) is 5.41 Å². The van der Waals surface area contributed by atoms with Gasteiger partial charge in [0, 0.05) is 32.4 Å². The van der Waals surface area contributed by atoms with E-state index in [4.69, 9.17) is 0 Å². The van der Waals surface area contributed by atoms with Crippen molar-refractivity contribution in [1.29, 1.82) is 0 Å². The zero-order valence-corrected chi connectivity index (χ0v) is 27.1. The molecule has 5 heteroatoms. The number of nitrogens with zero attached hydrogens (tertiary/aromatic N) is 1. The summed E-state index contributed by atoms with van der Waals surface area (Å²) in [6.45, 7) is 0. The number of thiophene rings is 2. The van der Waals surface area contributed by atoms with Crippen LogP contribution in [0, 0.1) is 0 Å². The highest BCUT2D eigenvalue weighted by Crippen LogP contribution is 2.65. The summed E-state index contributed by atoms with van der Waals surface area (Å²) in [5.74, 6) is -0.347. The molecule has 10 rings (SSSR count). The van der Waals surface area contributed by atoms with Gasteiger partial charge in [-0.1, -0.05) is 91.0 Å². The van der Waals surface area contributed by atoms with Gasteiger partial charge in [0.15, 0.2) is 5.78 Å². The molecule has 226 valence electrons. The second kappa shape index (κ2) is 10.2. The third-order valence-electron chi connectivity index (χ3n) is 9.94. The molecular weight excluding hydrogens is 627 g/mol. The Bertz CT molecular complexity index is 2390. The predicted molar refractivity (Wildman–Crippen MR) is 196 cm³/mol. The van der Waals surface area contributed by atoms with Crippen LogP contribution < -0.4 is 4.90 Å². The normalized spacial score (nSPS) is 15.4. The van der Waals surface area contributed by atoms with Gasteiger partial charge >= 0.3 is 0 Å². The van der Waals surface area contributed by atoms with Gasteiger partial charge in [-0.15, -0.1) is 22.7 Å². The van der Waals surface area contributed by atoms with Crippen molar-refractivity contribution in [3.63, 3.8) is 0 Å². The Morgan fingerprint density at radius 3 is 1.77 bits per heavy atom. The third kappa shape index (κ3) is 3.63. The Hall–Kier alpha value is -5.62. The molecule has 2 heterocycles. The molecule has 3 nitrogen and oxygen atoms in total. The summed E-state index contributed by atoms with van der Waals surface area (Å²) in [5.41, 5.74) is 12.1. The van der Waals surface area contributed by atoms with E-state index in [-0.39, 0.29) is 17.1 Å². The number of benzene rings is 5. The summed E-state index contributed by atoms with van der Waals surface area (Å²) in [6.07, 6.45) is 1.82. The molecule has 7 aromatic rings. The molecule has 3 aliphatic carbocycles. The van der Waals surface area contributed by atoms with Crippen LogP contribution in [0.2, 0.25) is 0 Å². The van der Waals surface area contributed by atoms with Crippen LogP contribution in [0.15, 0.2) is 150 Å². The first-order valence-corrected chi connectivity index (χ1v) is 17.6. The van der Waals surface area contributed by atoms with Crippen molar-refractivity contribution in [1.82, 2.24) is 0 Å². The molecule has 0 amide bonds. The number of ketones is 2. The zero-order chi connectivity index (χ0) is 32.0. The maximum Gasteiger partial charge on any atom is 0.207 e. The Morgan fingerprint density at radius 1 is 0.500 bits per heavy atom. The lowest BCUT2D eigenvalue weighted by atomic mass is 9.71. The van der Waals surface area contributed by atoms with Gasteiger partial charge in [-0.3, -0.25) is 9.59 Å². The van der Waals surface area contributed by atoms with E-state index in [1.54, 1.807) is 17.4 Å². The van der Waals surface area contributed by atoms with Gasteiger partial charge in [0.1, 0.15) is 0 Å². The minimum atomic E-state index is -0.553. The highest BCUT2D eigenvalue weighted by Gasteiger charge is 2.52. The highest BCUT2D eigenvalue weighted by molar-refractivity contribution is 7.17. The molecule has 3 aliphatic rings. The van der Waals surface area contributed by atoms with Crippen LogP contribution in [0.25, 0.3) is 27.6 Å². The van der Waals surface area contributed by atoms with Crippen LogP contribution in [-0.4, -0.2) is 11.6 Å². The lowest BCUT2D eigenvalue weighted by Crippen LogP contribution is -2.26. The predicted octanol–water partition coefficient (Wildman–Crippen LogP) is 11.1. The molecule has 5 aromatic carbocycles. The maximum atomic E-state index is 13.3. The molecular formula is C43H25NO2S2. The average Bonchev–Trinajstić information content (AvgIpc) is 3.94. The lowest BCUT2D eigenvalue weighted by Gasteiger charge is -2.32. The summed E-state index contributed by atoms with van der Waals surface area (Å²) in [6, 6.07) is 49.4. The van der Waals surface area contributed by atoms with Crippen LogP contribution in [0.1, 0.15) is 47.2 Å². The summed E-state index contributed by atoms with van der Waals surface area (Å²) >= 11 is 3.00. The average molecular weight is 652 g/mol. The number of Topliss-reactive ketones (excluding diaryl/α,β-unsaturated/α-hetero) is 2. The van der Waals surface area contributed by atoms with Gasteiger partial charge in [-0.2, -0.15) is 0 Å². The van der Waals surface area contributed by atoms with Gasteiger partial charge in [-0.25, -0.2) is 0 Å². The third-order valence-corrected chi connectivity index (χ3v) is 12.0. The molecule has 48 heavy (non-hydrogen) atoms. The molecule has 0 saturated carbocycles. The quantitative estimate of drug-likeness (QED) is 0.140. The molecule has 2 aromatic heterocycles. The highest BCUT2D eigenvalue weighted by atomic mass is 32.1. The number of hydrogen-bond acceptors (Lipinski definition) is 5. The number of para-hydroxylation sites is 2. The Morgan fingerprint density at radius 2 is 1.12 bits per heavy atom. The summed E-state index contributed by atoms with van der Waals surface area (Å²) < 4.78 is 0. The van der Waals surface area contributed by atoms with Crippen molar-refractivity contribution in [2.45, 2.75) is 5.41 Å². The number of carbonyl (C=O) groups excluding carboxylic acids is 2. The van der Waals surface area contributed by atoms with Gasteiger partial charge in [0.2, 0.25) is 5.78 Å². The smallest absolute Gasteiger partial charge is 0.207 e. The van der Waals surface area contributed by atoms with Gasteiger partial charge < -0.3 is 4.90 Å². The lowest BCUT2D eigenvalue weighted by molar-refractivity contribution is 0.0991. The maximum absolute atomic E-state index is 13.3. The molecule has 0 aliphatic heterocycles. The Balaban J connectivity index is 1.23. The van der Waals surface area contributed by atoms with Crippen molar-refractivity contribution in [3.05, 3.63) is 188 Å². The van der Waals surface area contributed by atoms with Crippen molar-refractivity contribution in [2.24, 2.45) is 0 Å². The molecule has 0 unspecified atom stereocenters. The fourth-order valence-corrected chi connectivity index (χ4v) is 10.1. The fraction of sp³-hybridized carbons (Fsp3) is 0.0233. The number of anilines is 3. The first-order chi connectivity index (χ1) is 23.6. The van der Waals surface area contributed by atoms with Gasteiger partial charge in [0.25, 0.3) is 0 Å². The molecule has 0 N–H and O–H groups in total. The summed E-state index contributed by atoms with van der Waals surface area (Å²) in [5, 5.41) is 1.82. The molecule has 0 atom stereocenters. The number of carbonyl (C=O) groups is 2. The molecule has 1 spiro atoms. The number of hydrogen-bond donors (Lipinski definition) is 0. The van der Waals surface area contributed by atoms with Crippen molar-refractivity contribution >= 4 is 57.4 Å². The minimum Gasteiger partial charge on any atom is -0.310 e. The van der Waals surface area contributed by atoms with E-state index in [0.29, 0.717) is 10.4 Å². The van der Waals surface area contributed by atoms with E-state index in [2.05, 4.69) is 126 Å². The van der Waals surface area contributed by atoms with E-state index < -0.39 is 5.41 Å². The van der Waals surface area contributed by atoms with E-state index in [9.17, 15) is 9.59 Å². The van der Waals surface area contributed by atoms with E-state index in [0.717, 1.165) is 21.9 Å². The zero-order valence-electron chi connectivity index (χ0n) is 25.5. The first-order valence-electron chi connectivity index (χ1n) is 15.9. The van der Waals surface area contributed by atoms with E-state index in [1.807, 2.05) is 23.6 Å². The summed E-state index contributed by atoms with van der Waals surface area (Å²) in [4.78, 5) is 31.5. The molecule has 0 saturated heterocycles. The second-order valence-corrected chi connectivity index (χ2v) is 14.3.